The van der Waals surface area contributed by atoms with Gasteiger partial charge in [-0.2, -0.15) is 0 Å². The summed E-state index contributed by atoms with van der Waals surface area (Å²) in [5.41, 5.74) is 0. The monoisotopic (exact) mass is 608 g/mol. The first-order valence-corrected chi connectivity index (χ1v) is 19.6. The fraction of sp³-hybridized carbons (Fsp3) is 0.143. The van der Waals surface area contributed by atoms with E-state index >= 15 is 0 Å². The highest BCUT2D eigenvalue weighted by atomic mass is 28.6. The smallest absolute Gasteiger partial charge is 0.374 e. The summed E-state index contributed by atoms with van der Waals surface area (Å²) in [7, 11) is -9.25. The van der Waals surface area contributed by atoms with Gasteiger partial charge in [0.15, 0.2) is 0 Å². The highest BCUT2D eigenvalue weighted by molar-refractivity contribution is 7.01. The highest BCUT2D eigenvalue weighted by Crippen LogP contribution is 2.32. The van der Waals surface area contributed by atoms with Gasteiger partial charge in [-0.1, -0.05) is 121 Å². The summed E-state index contributed by atoms with van der Waals surface area (Å²) < 4.78 is 53.6. The maximum absolute atomic E-state index is 7.11. The Morgan fingerprint density at radius 2 is 0.500 bits per heavy atom. The van der Waals surface area contributed by atoms with Crippen molar-refractivity contribution >= 4 is 56.0 Å². The highest BCUT2D eigenvalue weighted by Gasteiger charge is 2.70. The van der Waals surface area contributed by atoms with E-state index in [0.29, 0.717) is 20.7 Å². The Morgan fingerprint density at radius 3 is 0.650 bits per heavy atom. The standard InChI is InChI=1S/C28H32O8Si4/c1-29-37(25-17-9-5-10-18-25)33-38(30-2,26-19-11-6-12-20-26)35-40(32-4,28-23-15-8-16-24-28)36-39(31-3,34-37)27-21-13-7-14-22-27/h5-24H,1-4H3. The minimum absolute atomic E-state index is 0.714. The molecule has 0 amide bonds. The van der Waals surface area contributed by atoms with Crippen LogP contribution in [0.5, 0.6) is 0 Å². The molecule has 0 saturated carbocycles. The van der Waals surface area contributed by atoms with Crippen molar-refractivity contribution in [3.8, 4) is 0 Å². The minimum atomic E-state index is -3.88. The van der Waals surface area contributed by atoms with Gasteiger partial charge >= 0.3 is 35.2 Å². The van der Waals surface area contributed by atoms with Crippen LogP contribution in [-0.2, 0) is 34.2 Å². The van der Waals surface area contributed by atoms with E-state index in [-0.39, 0.29) is 0 Å². The molecule has 5 rings (SSSR count). The Balaban J connectivity index is 1.83. The maximum Gasteiger partial charge on any atom is 0.522 e. The van der Waals surface area contributed by atoms with Gasteiger partial charge in [0, 0.05) is 49.2 Å². The molecule has 4 aromatic rings. The van der Waals surface area contributed by atoms with Crippen molar-refractivity contribution in [1.82, 2.24) is 0 Å². The van der Waals surface area contributed by atoms with Crippen LogP contribution in [0.3, 0.4) is 0 Å². The van der Waals surface area contributed by atoms with Crippen LogP contribution in [0, 0.1) is 0 Å². The van der Waals surface area contributed by atoms with Crippen LogP contribution >= 0.6 is 0 Å². The third-order valence-corrected chi connectivity index (χ3v) is 21.6. The molecule has 1 aliphatic rings. The second kappa shape index (κ2) is 12.1. The second-order valence-corrected chi connectivity index (χ2v) is 20.6. The van der Waals surface area contributed by atoms with Crippen LogP contribution in [0.1, 0.15) is 0 Å². The van der Waals surface area contributed by atoms with E-state index in [0.717, 1.165) is 0 Å². The first-order valence-electron chi connectivity index (χ1n) is 12.7. The number of hydrogen-bond acceptors (Lipinski definition) is 8. The molecule has 0 spiro atoms. The van der Waals surface area contributed by atoms with Crippen LogP contribution in [0.25, 0.3) is 0 Å². The molecule has 0 aliphatic carbocycles. The molecular weight excluding hydrogens is 577 g/mol. The van der Waals surface area contributed by atoms with Crippen molar-refractivity contribution < 1.29 is 34.2 Å². The van der Waals surface area contributed by atoms with Gasteiger partial charge in [0.1, 0.15) is 0 Å². The molecule has 0 atom stereocenters. The van der Waals surface area contributed by atoms with Crippen molar-refractivity contribution in [3.05, 3.63) is 121 Å². The summed E-state index contributed by atoms with van der Waals surface area (Å²) in [6, 6.07) is 38.3. The van der Waals surface area contributed by atoms with Gasteiger partial charge < -0.3 is 34.2 Å². The summed E-state index contributed by atoms with van der Waals surface area (Å²) >= 11 is 0. The third-order valence-electron chi connectivity index (χ3n) is 6.66. The normalized spacial score (nSPS) is 28.9. The zero-order valence-electron chi connectivity index (χ0n) is 22.8. The van der Waals surface area contributed by atoms with E-state index in [1.54, 1.807) is 28.4 Å². The molecule has 0 radical (unpaired) electrons. The quantitative estimate of drug-likeness (QED) is 0.282. The Kier molecular flexibility index (Phi) is 8.77. The van der Waals surface area contributed by atoms with Crippen LogP contribution in [0.4, 0.5) is 0 Å². The summed E-state index contributed by atoms with van der Waals surface area (Å²) in [5.74, 6) is 0. The van der Waals surface area contributed by atoms with Crippen LogP contribution < -0.4 is 20.7 Å². The molecule has 8 nitrogen and oxygen atoms in total. The number of benzene rings is 4. The lowest BCUT2D eigenvalue weighted by Gasteiger charge is -2.48. The molecule has 0 aromatic heterocycles. The van der Waals surface area contributed by atoms with E-state index in [1.807, 2.05) is 121 Å². The van der Waals surface area contributed by atoms with E-state index in [1.165, 1.54) is 0 Å². The zero-order chi connectivity index (χ0) is 28.1. The average molecular weight is 609 g/mol. The fourth-order valence-corrected chi connectivity index (χ4v) is 22.2. The largest absolute Gasteiger partial charge is 0.522 e. The molecule has 1 heterocycles. The summed E-state index contributed by atoms with van der Waals surface area (Å²) in [4.78, 5) is 0. The predicted octanol–water partition coefficient (Wildman–Crippen LogP) is 2.04. The number of hydrogen-bond donors (Lipinski definition) is 0. The first kappa shape index (κ1) is 28.9. The van der Waals surface area contributed by atoms with Gasteiger partial charge in [0.05, 0.1) is 0 Å². The molecule has 1 saturated heterocycles. The molecule has 12 heteroatoms. The molecule has 1 aliphatic heterocycles. The van der Waals surface area contributed by atoms with Crippen molar-refractivity contribution in [2.24, 2.45) is 0 Å². The molecular formula is C28H32O8Si4. The summed E-state index contributed by atoms with van der Waals surface area (Å²) in [5, 5.41) is 2.85. The Bertz CT molecular complexity index is 1140. The van der Waals surface area contributed by atoms with E-state index in [9.17, 15) is 0 Å². The molecule has 1 fully saturated rings. The fourth-order valence-electron chi connectivity index (χ4n) is 4.64. The van der Waals surface area contributed by atoms with Crippen molar-refractivity contribution in [2.45, 2.75) is 0 Å². The molecule has 0 bridgehead atoms. The van der Waals surface area contributed by atoms with Crippen molar-refractivity contribution in [2.75, 3.05) is 28.4 Å². The van der Waals surface area contributed by atoms with E-state index < -0.39 is 35.2 Å². The van der Waals surface area contributed by atoms with Gasteiger partial charge in [-0.05, 0) is 0 Å². The van der Waals surface area contributed by atoms with Crippen molar-refractivity contribution in [3.63, 3.8) is 0 Å². The van der Waals surface area contributed by atoms with Crippen LogP contribution in [-0.4, -0.2) is 63.7 Å². The maximum atomic E-state index is 7.11. The molecule has 40 heavy (non-hydrogen) atoms. The lowest BCUT2D eigenvalue weighted by molar-refractivity contribution is 0.0603. The topological polar surface area (TPSA) is 73.8 Å². The van der Waals surface area contributed by atoms with Gasteiger partial charge in [-0.3, -0.25) is 0 Å². The molecule has 4 aromatic carbocycles. The second-order valence-electron chi connectivity index (χ2n) is 8.91. The number of rotatable bonds is 8. The van der Waals surface area contributed by atoms with Crippen LogP contribution in [0.2, 0.25) is 0 Å². The predicted molar refractivity (Wildman–Crippen MR) is 160 cm³/mol. The van der Waals surface area contributed by atoms with Crippen LogP contribution in [0.15, 0.2) is 121 Å². The molecule has 0 unspecified atom stereocenters. The average Bonchev–Trinajstić information content (AvgIpc) is 3.04. The SMILES string of the molecule is CO[Si]1(c2ccccc2)O[Si](OC)(c2ccccc2)O[Si](OC)(c2ccccc2)O[Si](OC)(c2ccccc2)O1. The molecule has 0 N–H and O–H groups in total. The van der Waals surface area contributed by atoms with Gasteiger partial charge in [0.2, 0.25) is 0 Å². The zero-order valence-corrected chi connectivity index (χ0v) is 26.8. The Morgan fingerprint density at radius 1 is 0.325 bits per heavy atom. The first-order chi connectivity index (χ1) is 19.5. The van der Waals surface area contributed by atoms with E-state index in [4.69, 9.17) is 34.2 Å². The summed E-state index contributed by atoms with van der Waals surface area (Å²) in [6.45, 7) is 0. The lowest BCUT2D eigenvalue weighted by atomic mass is 10.4. The Hall–Kier alpha value is -2.57. The van der Waals surface area contributed by atoms with Gasteiger partial charge in [-0.25, -0.2) is 0 Å². The molecule has 208 valence electrons. The van der Waals surface area contributed by atoms with Crippen molar-refractivity contribution in [1.29, 1.82) is 0 Å². The van der Waals surface area contributed by atoms with Gasteiger partial charge in [-0.15, -0.1) is 0 Å². The van der Waals surface area contributed by atoms with E-state index in [2.05, 4.69) is 0 Å². The third kappa shape index (κ3) is 5.25. The summed E-state index contributed by atoms with van der Waals surface area (Å²) in [6.07, 6.45) is 0. The minimum Gasteiger partial charge on any atom is -0.374 e. The lowest BCUT2D eigenvalue weighted by Crippen LogP contribution is -2.82. The Labute approximate surface area is 239 Å². The van der Waals surface area contributed by atoms with Gasteiger partial charge in [0.25, 0.3) is 0 Å².